The van der Waals surface area contributed by atoms with E-state index in [9.17, 15) is 0 Å². The molecule has 0 saturated heterocycles. The molecular weight excluding hydrogens is 312 g/mol. The van der Waals surface area contributed by atoms with E-state index >= 15 is 0 Å². The first kappa shape index (κ1) is 17.4. The molecule has 0 bridgehead atoms. The fourth-order valence-electron chi connectivity index (χ4n) is 2.89. The summed E-state index contributed by atoms with van der Waals surface area (Å²) < 4.78 is 0. The second-order valence-corrected chi connectivity index (χ2v) is 6.00. The van der Waals surface area contributed by atoms with Crippen LogP contribution >= 0.6 is 0 Å². The summed E-state index contributed by atoms with van der Waals surface area (Å²) in [4.78, 5) is 0. The topological polar surface area (TPSA) is 0 Å². The van der Waals surface area contributed by atoms with E-state index in [2.05, 4.69) is 79.9 Å². The molecule has 0 N–H and O–H groups in total. The highest BCUT2D eigenvalue weighted by Crippen LogP contribution is 2.28. The van der Waals surface area contributed by atoms with Gasteiger partial charge < -0.3 is 0 Å². The first-order chi connectivity index (χ1) is 12.8. The van der Waals surface area contributed by atoms with E-state index in [0.717, 1.165) is 11.1 Å². The van der Waals surface area contributed by atoms with Crippen LogP contribution in [0.15, 0.2) is 122 Å². The van der Waals surface area contributed by atoms with Gasteiger partial charge in [-0.1, -0.05) is 116 Å². The van der Waals surface area contributed by atoms with E-state index < -0.39 is 0 Å². The van der Waals surface area contributed by atoms with Gasteiger partial charge in [0.25, 0.3) is 0 Å². The molecule has 3 aromatic rings. The van der Waals surface area contributed by atoms with E-state index in [4.69, 9.17) is 0 Å². The Morgan fingerprint density at radius 3 is 2.12 bits per heavy atom. The Labute approximate surface area is 155 Å². The highest BCUT2D eigenvalue weighted by molar-refractivity contribution is 5.96. The van der Waals surface area contributed by atoms with Crippen molar-refractivity contribution in [1.82, 2.24) is 0 Å². The largest absolute Gasteiger partial charge is 0.0991 e. The molecule has 0 radical (unpaired) electrons. The number of hydrogen-bond donors (Lipinski definition) is 0. The molecule has 0 fully saturated rings. The van der Waals surface area contributed by atoms with Crippen LogP contribution in [0.4, 0.5) is 0 Å². The number of allylic oxidation sites excluding steroid dienone is 4. The van der Waals surface area contributed by atoms with Gasteiger partial charge in [0.05, 0.1) is 0 Å². The third kappa shape index (κ3) is 4.17. The maximum Gasteiger partial charge on any atom is -0.00995 e. The van der Waals surface area contributed by atoms with Crippen LogP contribution in [-0.2, 0) is 0 Å². The minimum absolute atomic E-state index is 0.957. The molecule has 0 spiro atoms. The highest BCUT2D eigenvalue weighted by Gasteiger charge is 2.03. The summed E-state index contributed by atoms with van der Waals surface area (Å²) >= 11 is 0. The molecule has 0 heteroatoms. The van der Waals surface area contributed by atoms with Gasteiger partial charge >= 0.3 is 0 Å². The molecule has 0 nitrogen and oxygen atoms in total. The molecule has 0 aromatic heterocycles. The van der Waals surface area contributed by atoms with Gasteiger partial charge in [-0.3, -0.25) is 0 Å². The van der Waals surface area contributed by atoms with Crippen molar-refractivity contribution in [3.63, 3.8) is 0 Å². The van der Waals surface area contributed by atoms with Crippen molar-refractivity contribution in [1.29, 1.82) is 0 Å². The summed E-state index contributed by atoms with van der Waals surface area (Å²) in [5.41, 5.74) is 4.46. The van der Waals surface area contributed by atoms with Gasteiger partial charge in [0.2, 0.25) is 0 Å². The van der Waals surface area contributed by atoms with E-state index in [1.54, 1.807) is 6.08 Å². The Kier molecular flexibility index (Phi) is 5.80. The van der Waals surface area contributed by atoms with E-state index in [0.29, 0.717) is 0 Å². The second-order valence-electron chi connectivity index (χ2n) is 6.00. The predicted octanol–water partition coefficient (Wildman–Crippen LogP) is 7.39. The number of benzene rings is 2. The molecule has 3 rings (SSSR count). The Hall–Kier alpha value is -3.38. The molecule has 0 aliphatic rings. The summed E-state index contributed by atoms with van der Waals surface area (Å²) in [6.07, 6.45) is 5.69. The van der Waals surface area contributed by atoms with Crippen molar-refractivity contribution in [2.45, 2.75) is 0 Å². The van der Waals surface area contributed by atoms with Crippen molar-refractivity contribution in [3.8, 4) is 11.1 Å². The average molecular weight is 334 g/mol. The zero-order chi connectivity index (χ0) is 18.2. The Balaban J connectivity index is 2.32. The van der Waals surface area contributed by atoms with Crippen molar-refractivity contribution in [2.24, 2.45) is 0 Å². The Morgan fingerprint density at radius 1 is 0.692 bits per heavy atom. The van der Waals surface area contributed by atoms with Gasteiger partial charge in [-0.15, -0.1) is 0 Å². The van der Waals surface area contributed by atoms with Crippen LogP contribution < -0.4 is 0 Å². The molecule has 0 aliphatic heterocycles. The lowest BCUT2D eigenvalue weighted by Gasteiger charge is -2.08. The van der Waals surface area contributed by atoms with Crippen LogP contribution in [0.2, 0.25) is 0 Å². The maximum absolute atomic E-state index is 4.26. The summed E-state index contributed by atoms with van der Waals surface area (Å²) in [7, 11) is 0. The Morgan fingerprint density at radius 2 is 1.35 bits per heavy atom. The molecule has 126 valence electrons. The van der Waals surface area contributed by atoms with E-state index in [-0.39, 0.29) is 0 Å². The van der Waals surface area contributed by atoms with Crippen molar-refractivity contribution >= 4 is 16.3 Å². The monoisotopic (exact) mass is 334 g/mol. The standard InChI is InChI=1S/C26H22/c1-3-4-13-21(2)25-17-12-7-5-6-9-16-23-18-19-24(20-26(23)25)22-14-10-8-11-15-22/h3-20H,1-2H2/b6-5?,7-5?,9-6?,12-7?,13-4-,16-9?,17-12?,23-16?,25-17?,26-25?. The predicted molar refractivity (Wildman–Crippen MR) is 115 cm³/mol. The molecule has 0 saturated carbocycles. The quantitative estimate of drug-likeness (QED) is 0.436. The zero-order valence-corrected chi connectivity index (χ0v) is 14.8. The highest BCUT2D eigenvalue weighted by atomic mass is 14.1. The SMILES string of the molecule is C=C/C=C\C(=C)c1cccccccc2ccc(-c3ccccc3)cc12. The average Bonchev–Trinajstić information content (AvgIpc) is 2.69. The van der Waals surface area contributed by atoms with Crippen LogP contribution in [0.5, 0.6) is 0 Å². The van der Waals surface area contributed by atoms with Crippen LogP contribution in [-0.4, -0.2) is 0 Å². The van der Waals surface area contributed by atoms with Gasteiger partial charge in [-0.2, -0.15) is 0 Å². The molecule has 26 heavy (non-hydrogen) atoms. The van der Waals surface area contributed by atoms with Crippen LogP contribution in [0.25, 0.3) is 27.5 Å². The van der Waals surface area contributed by atoms with Gasteiger partial charge in [0.1, 0.15) is 0 Å². The minimum Gasteiger partial charge on any atom is -0.0991 e. The number of hydrogen-bond acceptors (Lipinski definition) is 0. The molecule has 0 amide bonds. The number of fused-ring (bicyclic) bond motifs is 1. The van der Waals surface area contributed by atoms with Gasteiger partial charge in [-0.05, 0) is 39.1 Å². The first-order valence-electron chi connectivity index (χ1n) is 8.69. The second kappa shape index (κ2) is 8.64. The van der Waals surface area contributed by atoms with Crippen LogP contribution in [0, 0.1) is 0 Å². The number of rotatable bonds is 4. The zero-order valence-electron chi connectivity index (χ0n) is 14.8. The molecule has 0 heterocycles. The van der Waals surface area contributed by atoms with Crippen molar-refractivity contribution < 1.29 is 0 Å². The fraction of sp³-hybridized carbons (Fsp3) is 0. The summed E-state index contributed by atoms with van der Waals surface area (Å²) in [6, 6.07) is 31.5. The molecule has 3 aromatic carbocycles. The summed E-state index contributed by atoms with van der Waals surface area (Å²) in [6.45, 7) is 8.02. The maximum atomic E-state index is 4.26. The first-order valence-corrected chi connectivity index (χ1v) is 8.69. The lowest BCUT2D eigenvalue weighted by atomic mass is 9.96. The minimum atomic E-state index is 0.957. The van der Waals surface area contributed by atoms with Gasteiger partial charge in [0, 0.05) is 0 Å². The summed E-state index contributed by atoms with van der Waals surface area (Å²) in [5, 5.41) is 2.34. The lowest BCUT2D eigenvalue weighted by Crippen LogP contribution is -1.83. The third-order valence-corrected chi connectivity index (χ3v) is 4.21. The Bertz CT molecular complexity index is 1010. The molecule has 0 atom stereocenters. The van der Waals surface area contributed by atoms with Gasteiger partial charge in [-0.25, -0.2) is 0 Å². The molecular formula is C26H22. The van der Waals surface area contributed by atoms with Gasteiger partial charge in [0.15, 0.2) is 0 Å². The smallest absolute Gasteiger partial charge is 0.00995 e. The fourth-order valence-corrected chi connectivity index (χ4v) is 2.89. The van der Waals surface area contributed by atoms with Crippen molar-refractivity contribution in [3.05, 3.63) is 128 Å². The van der Waals surface area contributed by atoms with Crippen molar-refractivity contribution in [2.75, 3.05) is 0 Å². The van der Waals surface area contributed by atoms with Crippen LogP contribution in [0.3, 0.4) is 0 Å². The van der Waals surface area contributed by atoms with Crippen LogP contribution in [0.1, 0.15) is 5.56 Å². The summed E-state index contributed by atoms with van der Waals surface area (Å²) in [5.74, 6) is 0. The molecule has 0 aliphatic carbocycles. The van der Waals surface area contributed by atoms with E-state index in [1.807, 2.05) is 36.4 Å². The third-order valence-electron chi connectivity index (χ3n) is 4.21. The molecule has 0 unspecified atom stereocenters. The van der Waals surface area contributed by atoms with E-state index in [1.165, 1.54) is 21.9 Å². The normalized spacial score (nSPS) is 10.5. The lowest BCUT2D eigenvalue weighted by molar-refractivity contribution is 1.63.